The van der Waals surface area contributed by atoms with Crippen LogP contribution < -0.4 is 5.32 Å². The molecule has 0 aromatic heterocycles. The van der Waals surface area contributed by atoms with Gasteiger partial charge in [0.2, 0.25) is 5.91 Å². The molecule has 0 aliphatic carbocycles. The molecule has 0 spiro atoms. The summed E-state index contributed by atoms with van der Waals surface area (Å²) < 4.78 is 44.3. The molecule has 21 heavy (non-hydrogen) atoms. The second kappa shape index (κ2) is 6.05. The minimum atomic E-state index is -4.44. The molecule has 1 N–H and O–H groups in total. The number of hydrogen-bond donors (Lipinski definition) is 1. The molecule has 1 saturated heterocycles. The van der Waals surface area contributed by atoms with E-state index in [1.54, 1.807) is 6.92 Å². The van der Waals surface area contributed by atoms with Gasteiger partial charge in [-0.05, 0) is 38.3 Å². The first-order valence-electron chi connectivity index (χ1n) is 6.91. The van der Waals surface area contributed by atoms with Gasteiger partial charge in [0.1, 0.15) is 6.10 Å². The summed E-state index contributed by atoms with van der Waals surface area (Å²) in [5.74, 6) is -0.358. The van der Waals surface area contributed by atoms with Gasteiger partial charge in [-0.25, -0.2) is 0 Å². The molecule has 116 valence electrons. The van der Waals surface area contributed by atoms with Gasteiger partial charge >= 0.3 is 6.18 Å². The van der Waals surface area contributed by atoms with Gasteiger partial charge in [-0.2, -0.15) is 13.2 Å². The second-order valence-electron chi connectivity index (χ2n) is 5.33. The lowest BCUT2D eigenvalue weighted by molar-refractivity contribution is -0.139. The van der Waals surface area contributed by atoms with Crippen molar-refractivity contribution in [3.05, 3.63) is 35.4 Å². The lowest BCUT2D eigenvalue weighted by Gasteiger charge is -2.21. The Bertz CT molecular complexity index is 516. The highest BCUT2D eigenvalue weighted by atomic mass is 19.4. The summed E-state index contributed by atoms with van der Waals surface area (Å²) in [5, 5.41) is 2.61. The minimum Gasteiger partial charge on any atom is -0.365 e. The van der Waals surface area contributed by atoms with Crippen molar-refractivity contribution in [2.75, 3.05) is 0 Å². The van der Waals surface area contributed by atoms with E-state index in [9.17, 15) is 18.0 Å². The molecule has 0 radical (unpaired) electrons. The third kappa shape index (κ3) is 3.75. The van der Waals surface area contributed by atoms with E-state index < -0.39 is 23.9 Å². The zero-order valence-corrected chi connectivity index (χ0v) is 11.9. The molecule has 1 amide bonds. The van der Waals surface area contributed by atoms with Gasteiger partial charge in [0, 0.05) is 0 Å². The molecule has 6 heteroatoms. The van der Waals surface area contributed by atoms with Crippen LogP contribution in [0.2, 0.25) is 0 Å². The van der Waals surface area contributed by atoms with Crippen molar-refractivity contribution >= 4 is 5.91 Å². The molecule has 1 fully saturated rings. The van der Waals surface area contributed by atoms with Gasteiger partial charge in [-0.3, -0.25) is 4.79 Å². The third-order valence-corrected chi connectivity index (χ3v) is 3.62. The summed E-state index contributed by atoms with van der Waals surface area (Å²) in [5.41, 5.74) is -0.664. The van der Waals surface area contributed by atoms with Gasteiger partial charge in [0.25, 0.3) is 0 Å². The number of hydrogen-bond acceptors (Lipinski definition) is 2. The molecule has 1 aliphatic rings. The van der Waals surface area contributed by atoms with Crippen LogP contribution >= 0.6 is 0 Å². The number of ether oxygens (including phenoxy) is 1. The van der Waals surface area contributed by atoms with Crippen molar-refractivity contribution in [3.63, 3.8) is 0 Å². The Morgan fingerprint density at radius 2 is 2.00 bits per heavy atom. The van der Waals surface area contributed by atoms with Crippen molar-refractivity contribution in [3.8, 4) is 0 Å². The Hall–Kier alpha value is -1.56. The Balaban J connectivity index is 2.10. The summed E-state index contributed by atoms with van der Waals surface area (Å²) in [4.78, 5) is 12.0. The predicted molar refractivity (Wildman–Crippen MR) is 71.6 cm³/mol. The number of carbonyl (C=O) groups excluding carboxylic acids is 1. The minimum absolute atomic E-state index is 0.0125. The number of alkyl halides is 3. The Labute approximate surface area is 121 Å². The highest BCUT2D eigenvalue weighted by Gasteiger charge is 2.35. The Morgan fingerprint density at radius 1 is 1.33 bits per heavy atom. The molecule has 1 heterocycles. The topological polar surface area (TPSA) is 38.3 Å². The summed E-state index contributed by atoms with van der Waals surface area (Å²) in [7, 11) is 0. The van der Waals surface area contributed by atoms with Gasteiger partial charge in [0.05, 0.1) is 17.7 Å². The average Bonchev–Trinajstić information content (AvgIpc) is 2.84. The van der Waals surface area contributed by atoms with E-state index in [0.717, 1.165) is 12.5 Å². The van der Waals surface area contributed by atoms with Crippen molar-refractivity contribution in [2.45, 2.75) is 51.1 Å². The number of benzene rings is 1. The van der Waals surface area contributed by atoms with Gasteiger partial charge in [0.15, 0.2) is 0 Å². The first-order valence-corrected chi connectivity index (χ1v) is 6.91. The molecular weight excluding hydrogens is 283 g/mol. The van der Waals surface area contributed by atoms with E-state index in [2.05, 4.69) is 5.32 Å². The molecule has 1 aromatic rings. The van der Waals surface area contributed by atoms with E-state index >= 15 is 0 Å². The number of nitrogens with one attached hydrogen (secondary N) is 1. The lowest BCUT2D eigenvalue weighted by Crippen LogP contribution is -2.36. The van der Waals surface area contributed by atoms with Gasteiger partial charge in [-0.15, -0.1) is 0 Å². The number of amides is 1. The number of halogens is 3. The fourth-order valence-electron chi connectivity index (χ4n) is 2.51. The smallest absolute Gasteiger partial charge is 0.365 e. The Kier molecular flexibility index (Phi) is 4.56. The van der Waals surface area contributed by atoms with Crippen LogP contribution in [0.1, 0.15) is 43.9 Å². The van der Waals surface area contributed by atoms with Gasteiger partial charge in [-0.1, -0.05) is 18.2 Å². The molecule has 1 aromatic carbocycles. The first-order chi connectivity index (χ1) is 9.79. The monoisotopic (exact) mass is 301 g/mol. The lowest BCUT2D eigenvalue weighted by atomic mass is 10.0. The molecule has 3 nitrogen and oxygen atoms in total. The zero-order chi connectivity index (χ0) is 15.6. The predicted octanol–water partition coefficient (Wildman–Crippen LogP) is 3.45. The van der Waals surface area contributed by atoms with E-state index in [1.165, 1.54) is 18.2 Å². The van der Waals surface area contributed by atoms with Crippen molar-refractivity contribution in [1.82, 2.24) is 5.32 Å². The highest BCUT2D eigenvalue weighted by molar-refractivity contribution is 5.81. The fraction of sp³-hybridized carbons (Fsp3) is 0.533. The molecular formula is C15H18F3NO2. The summed E-state index contributed by atoms with van der Waals surface area (Å²) in [6, 6.07) is 4.54. The maximum absolute atomic E-state index is 13.0. The molecule has 0 saturated carbocycles. The SMILES string of the molecule is C[C@@H]1CC[C@@H](C(=O)N[C@@H](C)c2ccccc2C(F)(F)F)O1. The number of carbonyl (C=O) groups is 1. The van der Waals surface area contributed by atoms with Crippen LogP contribution in [-0.2, 0) is 15.7 Å². The quantitative estimate of drug-likeness (QED) is 0.928. The first kappa shape index (κ1) is 15.8. The van der Waals surface area contributed by atoms with E-state index in [4.69, 9.17) is 4.74 Å². The van der Waals surface area contributed by atoms with Crippen LogP contribution in [0.4, 0.5) is 13.2 Å². The van der Waals surface area contributed by atoms with Crippen molar-refractivity contribution in [2.24, 2.45) is 0 Å². The summed E-state index contributed by atoms with van der Waals surface area (Å²) in [6.45, 7) is 3.41. The molecule has 0 unspecified atom stereocenters. The van der Waals surface area contributed by atoms with Crippen LogP contribution in [0.5, 0.6) is 0 Å². The summed E-state index contributed by atoms with van der Waals surface area (Å²) in [6.07, 6.45) is -3.61. The van der Waals surface area contributed by atoms with Crippen LogP contribution in [-0.4, -0.2) is 18.1 Å². The Morgan fingerprint density at radius 3 is 2.57 bits per heavy atom. The molecule has 1 aliphatic heterocycles. The van der Waals surface area contributed by atoms with Gasteiger partial charge < -0.3 is 10.1 Å². The van der Waals surface area contributed by atoms with Crippen molar-refractivity contribution in [1.29, 1.82) is 0 Å². The maximum atomic E-state index is 13.0. The van der Waals surface area contributed by atoms with E-state index in [0.29, 0.717) is 6.42 Å². The molecule has 2 rings (SSSR count). The van der Waals surface area contributed by atoms with Crippen LogP contribution in [0.25, 0.3) is 0 Å². The standard InChI is InChI=1S/C15H18F3NO2/c1-9-7-8-13(21-9)14(20)19-10(2)11-5-3-4-6-12(11)15(16,17)18/h3-6,9-10,13H,7-8H2,1-2H3,(H,19,20)/t9-,10+,13+/m1/s1. The van der Waals surface area contributed by atoms with Crippen molar-refractivity contribution < 1.29 is 22.7 Å². The normalized spacial score (nSPS) is 23.9. The second-order valence-corrected chi connectivity index (χ2v) is 5.33. The van der Waals surface area contributed by atoms with E-state index in [1.807, 2.05) is 6.92 Å². The summed E-state index contributed by atoms with van der Waals surface area (Å²) >= 11 is 0. The molecule has 0 bridgehead atoms. The fourth-order valence-corrected chi connectivity index (χ4v) is 2.51. The maximum Gasteiger partial charge on any atom is 0.416 e. The largest absolute Gasteiger partial charge is 0.416 e. The van der Waals surface area contributed by atoms with Crippen LogP contribution in [0.15, 0.2) is 24.3 Å². The van der Waals surface area contributed by atoms with E-state index in [-0.39, 0.29) is 17.6 Å². The van der Waals surface area contributed by atoms with Crippen LogP contribution in [0, 0.1) is 0 Å². The number of rotatable bonds is 3. The zero-order valence-electron chi connectivity index (χ0n) is 11.9. The van der Waals surface area contributed by atoms with Crippen LogP contribution in [0.3, 0.4) is 0 Å². The molecule has 3 atom stereocenters. The highest BCUT2D eigenvalue weighted by Crippen LogP contribution is 2.34. The third-order valence-electron chi connectivity index (χ3n) is 3.62. The average molecular weight is 301 g/mol.